The molecule has 0 aliphatic rings. The number of anilines is 1. The summed E-state index contributed by atoms with van der Waals surface area (Å²) in [6.07, 6.45) is 0. The predicted octanol–water partition coefficient (Wildman–Crippen LogP) is 4.25. The van der Waals surface area contributed by atoms with Crippen LogP contribution in [0.2, 0.25) is 10.0 Å². The molecule has 2 N–H and O–H groups in total. The van der Waals surface area contributed by atoms with Crippen molar-refractivity contribution in [1.29, 1.82) is 0 Å². The van der Waals surface area contributed by atoms with Crippen LogP contribution in [0.15, 0.2) is 16.6 Å². The van der Waals surface area contributed by atoms with Gasteiger partial charge in [-0.2, -0.15) is 0 Å². The Morgan fingerprint density at radius 3 is 2.45 bits per heavy atom. The minimum atomic E-state index is -0.473. The van der Waals surface area contributed by atoms with E-state index in [-0.39, 0.29) is 11.7 Å². The van der Waals surface area contributed by atoms with Crippen molar-refractivity contribution in [3.05, 3.63) is 38.3 Å². The van der Waals surface area contributed by atoms with Crippen LogP contribution in [0.4, 0.5) is 5.69 Å². The van der Waals surface area contributed by atoms with Crippen LogP contribution in [-0.2, 0) is 0 Å². The van der Waals surface area contributed by atoms with Gasteiger partial charge in [0.05, 0.1) is 15.7 Å². The van der Waals surface area contributed by atoms with Gasteiger partial charge in [-0.15, -0.1) is 5.10 Å². The number of benzene rings is 1. The zero-order valence-electron chi connectivity index (χ0n) is 10.7. The van der Waals surface area contributed by atoms with E-state index >= 15 is 0 Å². The van der Waals surface area contributed by atoms with E-state index in [4.69, 9.17) is 23.2 Å². The summed E-state index contributed by atoms with van der Waals surface area (Å²) in [4.78, 5) is 16.2. The van der Waals surface area contributed by atoms with E-state index < -0.39 is 5.91 Å². The van der Waals surface area contributed by atoms with Crippen molar-refractivity contribution in [2.75, 3.05) is 5.32 Å². The summed E-state index contributed by atoms with van der Waals surface area (Å²) in [5.74, 6) is 0.370. The SMILES string of the molecule is CC(C)c1nc(C(=O)Nc2c(Cl)cc(Br)cc2Cl)n[nH]1. The maximum absolute atomic E-state index is 12.1. The molecule has 0 aliphatic carbocycles. The van der Waals surface area contributed by atoms with Crippen LogP contribution in [0.25, 0.3) is 0 Å². The standard InChI is InChI=1S/C12H11BrCl2N4O/c1-5(2)10-17-11(19-18-10)12(20)16-9-7(14)3-6(13)4-8(9)15/h3-5H,1-2H3,(H,16,20)(H,17,18,19). The fourth-order valence-corrected chi connectivity index (χ4v) is 2.77. The first-order valence-electron chi connectivity index (χ1n) is 5.76. The molecule has 106 valence electrons. The molecule has 2 aromatic rings. The highest BCUT2D eigenvalue weighted by atomic mass is 79.9. The second-order valence-electron chi connectivity index (χ2n) is 4.40. The summed E-state index contributed by atoms with van der Waals surface area (Å²) in [7, 11) is 0. The smallest absolute Gasteiger partial charge is 0.295 e. The lowest BCUT2D eigenvalue weighted by Gasteiger charge is -2.08. The van der Waals surface area contributed by atoms with E-state index in [0.29, 0.717) is 21.6 Å². The normalized spacial score (nSPS) is 10.9. The molecule has 1 aromatic heterocycles. The molecule has 0 aliphatic heterocycles. The number of carbonyl (C=O) groups excluding carboxylic acids is 1. The number of H-pyrrole nitrogens is 1. The molecule has 0 saturated heterocycles. The second-order valence-corrected chi connectivity index (χ2v) is 6.13. The van der Waals surface area contributed by atoms with Gasteiger partial charge in [0.1, 0.15) is 5.82 Å². The molecule has 1 amide bonds. The van der Waals surface area contributed by atoms with Crippen molar-refractivity contribution in [1.82, 2.24) is 15.2 Å². The lowest BCUT2D eigenvalue weighted by atomic mass is 10.2. The molecule has 0 spiro atoms. The average Bonchev–Trinajstić information content (AvgIpc) is 2.83. The fraction of sp³-hybridized carbons (Fsp3) is 0.250. The molecule has 20 heavy (non-hydrogen) atoms. The number of nitrogens with one attached hydrogen (secondary N) is 2. The van der Waals surface area contributed by atoms with Crippen LogP contribution in [0, 0.1) is 0 Å². The molecule has 0 atom stereocenters. The molecule has 0 unspecified atom stereocenters. The summed E-state index contributed by atoms with van der Waals surface area (Å²) in [6, 6.07) is 3.28. The number of hydrogen-bond acceptors (Lipinski definition) is 3. The molecule has 0 radical (unpaired) electrons. The third kappa shape index (κ3) is 3.31. The fourth-order valence-electron chi connectivity index (χ4n) is 1.47. The zero-order valence-corrected chi connectivity index (χ0v) is 13.8. The summed E-state index contributed by atoms with van der Waals surface area (Å²) in [5, 5.41) is 9.85. The van der Waals surface area contributed by atoms with Gasteiger partial charge < -0.3 is 5.32 Å². The second kappa shape index (κ2) is 6.11. The molecule has 5 nitrogen and oxygen atoms in total. The molecule has 0 bridgehead atoms. The van der Waals surface area contributed by atoms with Crippen LogP contribution < -0.4 is 5.32 Å². The van der Waals surface area contributed by atoms with Crippen LogP contribution in [-0.4, -0.2) is 21.1 Å². The lowest BCUT2D eigenvalue weighted by Crippen LogP contribution is -2.14. The maximum atomic E-state index is 12.1. The molecular formula is C12H11BrCl2N4O. The summed E-state index contributed by atoms with van der Waals surface area (Å²) in [5.41, 5.74) is 0.331. The van der Waals surface area contributed by atoms with Gasteiger partial charge in [0.15, 0.2) is 0 Å². The van der Waals surface area contributed by atoms with Gasteiger partial charge in [-0.05, 0) is 12.1 Å². The zero-order chi connectivity index (χ0) is 14.9. The van der Waals surface area contributed by atoms with E-state index in [2.05, 4.69) is 36.4 Å². The maximum Gasteiger partial charge on any atom is 0.295 e. The molecule has 2 rings (SSSR count). The third-order valence-corrected chi connectivity index (χ3v) is 3.55. The quantitative estimate of drug-likeness (QED) is 0.839. The Kier molecular flexibility index (Phi) is 4.67. The first kappa shape index (κ1) is 15.3. The van der Waals surface area contributed by atoms with Crippen molar-refractivity contribution < 1.29 is 4.79 Å². The summed E-state index contributed by atoms with van der Waals surface area (Å²) < 4.78 is 0.727. The Morgan fingerprint density at radius 1 is 1.35 bits per heavy atom. The monoisotopic (exact) mass is 376 g/mol. The highest BCUT2D eigenvalue weighted by Crippen LogP contribution is 2.33. The van der Waals surface area contributed by atoms with Crippen LogP contribution >= 0.6 is 39.1 Å². The molecule has 0 fully saturated rings. The van der Waals surface area contributed by atoms with E-state index in [1.807, 2.05) is 13.8 Å². The number of aromatic nitrogens is 3. The number of amides is 1. The number of aromatic amines is 1. The Morgan fingerprint density at radius 2 is 1.95 bits per heavy atom. The minimum absolute atomic E-state index is 0.0451. The van der Waals surface area contributed by atoms with Gasteiger partial charge in [0.2, 0.25) is 5.82 Å². The van der Waals surface area contributed by atoms with Gasteiger partial charge >= 0.3 is 0 Å². The highest BCUT2D eigenvalue weighted by Gasteiger charge is 2.17. The molecule has 0 saturated carbocycles. The number of hydrogen-bond donors (Lipinski definition) is 2. The van der Waals surface area contributed by atoms with Crippen molar-refractivity contribution >= 4 is 50.7 Å². The number of nitrogens with zero attached hydrogens (tertiary/aromatic N) is 2. The number of carbonyl (C=O) groups is 1. The van der Waals surface area contributed by atoms with Gasteiger partial charge in [0, 0.05) is 10.4 Å². The third-order valence-electron chi connectivity index (χ3n) is 2.50. The molecular weight excluding hydrogens is 367 g/mol. The first-order chi connectivity index (χ1) is 9.38. The van der Waals surface area contributed by atoms with Crippen LogP contribution in [0.1, 0.15) is 36.2 Å². The van der Waals surface area contributed by atoms with E-state index in [9.17, 15) is 4.79 Å². The first-order valence-corrected chi connectivity index (χ1v) is 7.31. The average molecular weight is 378 g/mol. The van der Waals surface area contributed by atoms with E-state index in [0.717, 1.165) is 4.47 Å². The van der Waals surface area contributed by atoms with E-state index in [1.165, 1.54) is 0 Å². The topological polar surface area (TPSA) is 70.7 Å². The Bertz CT molecular complexity index is 634. The van der Waals surface area contributed by atoms with Gasteiger partial charge in [-0.25, -0.2) is 4.98 Å². The van der Waals surface area contributed by atoms with Gasteiger partial charge in [-0.3, -0.25) is 9.89 Å². The van der Waals surface area contributed by atoms with E-state index in [1.54, 1.807) is 12.1 Å². The Labute approximate surface area is 134 Å². The van der Waals surface area contributed by atoms with Crippen molar-refractivity contribution in [3.63, 3.8) is 0 Å². The van der Waals surface area contributed by atoms with Crippen LogP contribution in [0.5, 0.6) is 0 Å². The predicted molar refractivity (Wildman–Crippen MR) is 82.6 cm³/mol. The van der Waals surface area contributed by atoms with Gasteiger partial charge in [0.25, 0.3) is 5.91 Å². The van der Waals surface area contributed by atoms with Crippen LogP contribution in [0.3, 0.4) is 0 Å². The summed E-state index contributed by atoms with van der Waals surface area (Å²) in [6.45, 7) is 3.90. The van der Waals surface area contributed by atoms with Gasteiger partial charge in [-0.1, -0.05) is 53.0 Å². The van der Waals surface area contributed by atoms with Crippen molar-refractivity contribution in [2.24, 2.45) is 0 Å². The summed E-state index contributed by atoms with van der Waals surface area (Å²) >= 11 is 15.4. The largest absolute Gasteiger partial charge is 0.317 e. The molecule has 1 heterocycles. The minimum Gasteiger partial charge on any atom is -0.317 e. The highest BCUT2D eigenvalue weighted by molar-refractivity contribution is 9.10. The molecule has 1 aromatic carbocycles. The number of rotatable bonds is 3. The lowest BCUT2D eigenvalue weighted by molar-refractivity contribution is 0.101. The molecule has 8 heteroatoms. The number of halogens is 3. The Balaban J connectivity index is 2.23. The van der Waals surface area contributed by atoms with Crippen molar-refractivity contribution in [3.8, 4) is 0 Å². The Hall–Kier alpha value is -1.11. The van der Waals surface area contributed by atoms with Crippen molar-refractivity contribution in [2.45, 2.75) is 19.8 Å².